The number of rotatable bonds is 2. The van der Waals surface area contributed by atoms with E-state index in [0.717, 1.165) is 31.2 Å². The monoisotopic (exact) mass is 297 g/mol. The van der Waals surface area contributed by atoms with Crippen molar-refractivity contribution in [2.75, 3.05) is 20.3 Å². The van der Waals surface area contributed by atoms with Crippen molar-refractivity contribution in [1.29, 1.82) is 0 Å². The van der Waals surface area contributed by atoms with E-state index in [2.05, 4.69) is 0 Å². The average Bonchev–Trinajstić information content (AvgIpc) is 2.46. The molecule has 5 heteroatoms. The van der Waals surface area contributed by atoms with Gasteiger partial charge in [-0.15, -0.1) is 0 Å². The Bertz CT molecular complexity index is 512. The fraction of sp³-hybridized carbons (Fsp3) is 0.600. The molecule has 2 N–H and O–H groups in total. The summed E-state index contributed by atoms with van der Waals surface area (Å²) in [5.41, 5.74) is 7.11. The van der Waals surface area contributed by atoms with E-state index in [4.69, 9.17) is 31.5 Å². The number of fused-ring (bicyclic) bond motifs is 1. The van der Waals surface area contributed by atoms with Crippen LogP contribution in [0.4, 0.5) is 0 Å². The van der Waals surface area contributed by atoms with Crippen LogP contribution in [0.2, 0.25) is 5.02 Å². The molecule has 0 spiro atoms. The van der Waals surface area contributed by atoms with Crippen LogP contribution < -0.4 is 19.9 Å². The molecule has 0 amide bonds. The minimum absolute atomic E-state index is 0.445. The first-order chi connectivity index (χ1) is 9.65. The zero-order valence-corrected chi connectivity index (χ0v) is 12.5. The van der Waals surface area contributed by atoms with Crippen LogP contribution in [-0.4, -0.2) is 20.3 Å². The molecule has 0 bridgehead atoms. The van der Waals surface area contributed by atoms with Crippen molar-refractivity contribution in [1.82, 2.24) is 0 Å². The first-order valence-electron chi connectivity index (χ1n) is 7.11. The molecule has 1 aliphatic carbocycles. The first-order valence-corrected chi connectivity index (χ1v) is 7.49. The maximum Gasteiger partial charge on any atom is 0.170 e. The number of nitrogens with two attached hydrogens (primary N) is 1. The van der Waals surface area contributed by atoms with Crippen LogP contribution in [0.3, 0.4) is 0 Å². The first kappa shape index (κ1) is 13.8. The molecular formula is C15H20ClNO3. The van der Waals surface area contributed by atoms with Gasteiger partial charge in [0.2, 0.25) is 0 Å². The molecule has 1 aromatic rings. The number of methoxy groups -OCH3 is 1. The van der Waals surface area contributed by atoms with Gasteiger partial charge in [0.05, 0.1) is 17.7 Å². The highest BCUT2D eigenvalue weighted by Crippen LogP contribution is 2.51. The SMILES string of the molecule is COc1c(Cl)cc2c(c1C1(N)CCCCC1)OCCO2. The molecule has 0 saturated heterocycles. The molecule has 20 heavy (non-hydrogen) atoms. The standard InChI is InChI=1S/C15H20ClNO3/c1-18-13-10(16)9-11-14(20-8-7-19-11)12(13)15(17)5-3-2-4-6-15/h9H,2-8,17H2,1H3. The Kier molecular flexibility index (Phi) is 3.69. The largest absolute Gasteiger partial charge is 0.495 e. The highest BCUT2D eigenvalue weighted by atomic mass is 35.5. The molecule has 0 unspecified atom stereocenters. The summed E-state index contributed by atoms with van der Waals surface area (Å²) in [6.07, 6.45) is 5.28. The zero-order valence-electron chi connectivity index (χ0n) is 11.7. The molecule has 3 rings (SSSR count). The highest BCUT2D eigenvalue weighted by Gasteiger charge is 2.38. The summed E-state index contributed by atoms with van der Waals surface area (Å²) in [7, 11) is 1.62. The lowest BCUT2D eigenvalue weighted by Crippen LogP contribution is -2.40. The third-order valence-corrected chi connectivity index (χ3v) is 4.47. The van der Waals surface area contributed by atoms with Crippen molar-refractivity contribution in [2.45, 2.75) is 37.6 Å². The molecular weight excluding hydrogens is 278 g/mol. The van der Waals surface area contributed by atoms with Crippen LogP contribution >= 0.6 is 11.6 Å². The van der Waals surface area contributed by atoms with E-state index in [1.165, 1.54) is 6.42 Å². The molecule has 4 nitrogen and oxygen atoms in total. The van der Waals surface area contributed by atoms with Gasteiger partial charge in [-0.1, -0.05) is 30.9 Å². The summed E-state index contributed by atoms with van der Waals surface area (Å²) >= 11 is 6.33. The van der Waals surface area contributed by atoms with Gasteiger partial charge >= 0.3 is 0 Å². The minimum atomic E-state index is -0.445. The van der Waals surface area contributed by atoms with Gasteiger partial charge in [0.15, 0.2) is 11.5 Å². The number of benzene rings is 1. The molecule has 0 aromatic heterocycles. The molecule has 1 aromatic carbocycles. The van der Waals surface area contributed by atoms with Crippen molar-refractivity contribution in [3.05, 3.63) is 16.7 Å². The molecule has 2 aliphatic rings. The Hall–Kier alpha value is -1.13. The smallest absolute Gasteiger partial charge is 0.170 e. The third-order valence-electron chi connectivity index (χ3n) is 4.19. The molecule has 1 saturated carbocycles. The second-order valence-electron chi connectivity index (χ2n) is 5.51. The van der Waals surface area contributed by atoms with Crippen LogP contribution in [-0.2, 0) is 5.54 Å². The number of halogens is 1. The molecule has 0 radical (unpaired) electrons. The van der Waals surface area contributed by atoms with Gasteiger partial charge in [-0.25, -0.2) is 0 Å². The minimum Gasteiger partial charge on any atom is -0.495 e. The Morgan fingerprint density at radius 1 is 1.20 bits per heavy atom. The topological polar surface area (TPSA) is 53.7 Å². The van der Waals surface area contributed by atoms with Crippen LogP contribution in [0.1, 0.15) is 37.7 Å². The normalized spacial score (nSPS) is 20.6. The summed E-state index contributed by atoms with van der Waals surface area (Å²) in [6, 6.07) is 1.75. The van der Waals surface area contributed by atoms with E-state index >= 15 is 0 Å². The summed E-state index contributed by atoms with van der Waals surface area (Å²) in [5.74, 6) is 2.01. The lowest BCUT2D eigenvalue weighted by Gasteiger charge is -2.37. The van der Waals surface area contributed by atoms with E-state index in [1.807, 2.05) is 0 Å². The molecule has 1 aliphatic heterocycles. The summed E-state index contributed by atoms with van der Waals surface area (Å²) in [4.78, 5) is 0. The van der Waals surface area contributed by atoms with Crippen LogP contribution in [0.15, 0.2) is 6.07 Å². The third kappa shape index (κ3) is 2.21. The van der Waals surface area contributed by atoms with Crippen molar-refractivity contribution in [2.24, 2.45) is 5.73 Å². The summed E-state index contributed by atoms with van der Waals surface area (Å²) in [6.45, 7) is 1.06. The van der Waals surface area contributed by atoms with Gasteiger partial charge in [0.1, 0.15) is 19.0 Å². The van der Waals surface area contributed by atoms with Crippen molar-refractivity contribution in [3.8, 4) is 17.2 Å². The summed E-state index contributed by atoms with van der Waals surface area (Å²) in [5, 5.41) is 0.530. The van der Waals surface area contributed by atoms with Gasteiger partial charge in [-0.3, -0.25) is 0 Å². The number of hydrogen-bond donors (Lipinski definition) is 1. The van der Waals surface area contributed by atoms with Gasteiger partial charge in [-0.2, -0.15) is 0 Å². The average molecular weight is 298 g/mol. The van der Waals surface area contributed by atoms with Crippen LogP contribution in [0.25, 0.3) is 0 Å². The fourth-order valence-corrected chi connectivity index (χ4v) is 3.49. The highest BCUT2D eigenvalue weighted by molar-refractivity contribution is 6.32. The molecule has 110 valence electrons. The quantitative estimate of drug-likeness (QED) is 0.910. The Morgan fingerprint density at radius 3 is 2.60 bits per heavy atom. The van der Waals surface area contributed by atoms with Crippen molar-refractivity contribution in [3.63, 3.8) is 0 Å². The second-order valence-corrected chi connectivity index (χ2v) is 5.91. The Balaban J connectivity index is 2.18. The van der Waals surface area contributed by atoms with Crippen molar-refractivity contribution < 1.29 is 14.2 Å². The lowest BCUT2D eigenvalue weighted by atomic mass is 9.76. The van der Waals surface area contributed by atoms with E-state index in [9.17, 15) is 0 Å². The Morgan fingerprint density at radius 2 is 1.90 bits per heavy atom. The zero-order chi connectivity index (χ0) is 14.2. The van der Waals surface area contributed by atoms with Gasteiger partial charge in [0.25, 0.3) is 0 Å². The van der Waals surface area contributed by atoms with Crippen LogP contribution in [0.5, 0.6) is 17.2 Å². The second kappa shape index (κ2) is 5.34. The van der Waals surface area contributed by atoms with Gasteiger partial charge in [0, 0.05) is 11.6 Å². The number of ether oxygens (including phenoxy) is 3. The molecule has 1 heterocycles. The van der Waals surface area contributed by atoms with Crippen LogP contribution in [0, 0.1) is 0 Å². The molecule has 1 fully saturated rings. The maximum absolute atomic E-state index is 6.68. The predicted octanol–water partition coefficient (Wildman–Crippen LogP) is 3.24. The number of hydrogen-bond acceptors (Lipinski definition) is 4. The molecule has 0 atom stereocenters. The van der Waals surface area contributed by atoms with E-state index in [-0.39, 0.29) is 0 Å². The van der Waals surface area contributed by atoms with E-state index in [0.29, 0.717) is 35.5 Å². The summed E-state index contributed by atoms with van der Waals surface area (Å²) < 4.78 is 17.0. The van der Waals surface area contributed by atoms with Gasteiger partial charge in [-0.05, 0) is 12.8 Å². The van der Waals surface area contributed by atoms with E-state index in [1.54, 1.807) is 13.2 Å². The maximum atomic E-state index is 6.68. The predicted molar refractivity (Wildman–Crippen MR) is 77.9 cm³/mol. The van der Waals surface area contributed by atoms with Gasteiger partial charge < -0.3 is 19.9 Å². The lowest BCUT2D eigenvalue weighted by molar-refractivity contribution is 0.162. The Labute approximate surface area is 124 Å². The fourth-order valence-electron chi connectivity index (χ4n) is 3.22. The van der Waals surface area contributed by atoms with Crippen molar-refractivity contribution >= 4 is 11.6 Å². The van der Waals surface area contributed by atoms with E-state index < -0.39 is 5.54 Å².